The van der Waals surface area contributed by atoms with Crippen LogP contribution in [0.25, 0.3) is 22.0 Å². The molecule has 0 radical (unpaired) electrons. The first-order valence-corrected chi connectivity index (χ1v) is 9.04. The Bertz CT molecular complexity index is 1110. The molecule has 5 heteroatoms. The highest BCUT2D eigenvalue weighted by molar-refractivity contribution is 6.05. The Morgan fingerprint density at radius 3 is 2.74 bits per heavy atom. The van der Waals surface area contributed by atoms with E-state index >= 15 is 0 Å². The molecule has 2 heterocycles. The molecule has 4 aromatic rings. The molecular weight excluding hydrogens is 336 g/mol. The molecule has 0 bridgehead atoms. The SMILES string of the molecule is O=C(NC1CC1c1ccccc1)c1n[nH]c2ccc(-c3cccnc3)cc12. The molecule has 27 heavy (non-hydrogen) atoms. The lowest BCUT2D eigenvalue weighted by atomic mass is 10.0. The molecule has 5 nitrogen and oxygen atoms in total. The number of fused-ring (bicyclic) bond motifs is 1. The van der Waals surface area contributed by atoms with E-state index in [-0.39, 0.29) is 11.9 Å². The monoisotopic (exact) mass is 354 g/mol. The molecule has 1 saturated carbocycles. The van der Waals surface area contributed by atoms with Gasteiger partial charge >= 0.3 is 0 Å². The molecule has 2 unspecified atom stereocenters. The molecule has 2 aromatic carbocycles. The third-order valence-corrected chi connectivity index (χ3v) is 5.11. The van der Waals surface area contributed by atoms with Gasteiger partial charge in [-0.2, -0.15) is 5.10 Å². The van der Waals surface area contributed by atoms with Crippen LogP contribution in [-0.2, 0) is 0 Å². The minimum atomic E-state index is -0.131. The molecule has 1 aliphatic rings. The van der Waals surface area contributed by atoms with Crippen molar-refractivity contribution >= 4 is 16.8 Å². The zero-order chi connectivity index (χ0) is 18.2. The fourth-order valence-corrected chi connectivity index (χ4v) is 3.56. The highest BCUT2D eigenvalue weighted by atomic mass is 16.2. The number of nitrogens with one attached hydrogen (secondary N) is 2. The van der Waals surface area contributed by atoms with E-state index in [0.29, 0.717) is 11.6 Å². The van der Waals surface area contributed by atoms with Gasteiger partial charge in [0.15, 0.2) is 5.69 Å². The smallest absolute Gasteiger partial charge is 0.272 e. The summed E-state index contributed by atoms with van der Waals surface area (Å²) in [5.74, 6) is 0.263. The molecule has 132 valence electrons. The van der Waals surface area contributed by atoms with Crippen LogP contribution in [0, 0.1) is 0 Å². The molecule has 2 N–H and O–H groups in total. The minimum Gasteiger partial charge on any atom is -0.347 e. The Hall–Kier alpha value is -3.47. The summed E-state index contributed by atoms with van der Waals surface area (Å²) in [5.41, 5.74) is 4.59. The van der Waals surface area contributed by atoms with Crippen LogP contribution in [0.4, 0.5) is 0 Å². The number of hydrogen-bond donors (Lipinski definition) is 2. The van der Waals surface area contributed by atoms with Crippen LogP contribution in [0.3, 0.4) is 0 Å². The van der Waals surface area contributed by atoms with E-state index in [0.717, 1.165) is 28.5 Å². The number of pyridine rings is 1. The lowest BCUT2D eigenvalue weighted by Gasteiger charge is -2.04. The van der Waals surface area contributed by atoms with Crippen molar-refractivity contribution < 1.29 is 4.79 Å². The van der Waals surface area contributed by atoms with Crippen LogP contribution in [0.5, 0.6) is 0 Å². The number of H-pyrrole nitrogens is 1. The second-order valence-corrected chi connectivity index (χ2v) is 6.91. The third kappa shape index (κ3) is 2.97. The number of amides is 1. The van der Waals surface area contributed by atoms with Gasteiger partial charge < -0.3 is 5.32 Å². The standard InChI is InChI=1S/C22H18N4O/c27-22(24-20-12-17(20)14-5-2-1-3-6-14)21-18-11-15(8-9-19(18)25-26-21)16-7-4-10-23-13-16/h1-11,13,17,20H,12H2,(H,24,27)(H,25,26). The quantitative estimate of drug-likeness (QED) is 0.584. The molecule has 5 rings (SSSR count). The molecule has 0 saturated heterocycles. The summed E-state index contributed by atoms with van der Waals surface area (Å²) in [5, 5.41) is 11.2. The van der Waals surface area contributed by atoms with E-state index in [1.54, 1.807) is 6.20 Å². The van der Waals surface area contributed by atoms with Crippen LogP contribution in [0.15, 0.2) is 73.1 Å². The van der Waals surface area contributed by atoms with Crippen LogP contribution in [-0.4, -0.2) is 27.1 Å². The van der Waals surface area contributed by atoms with Gasteiger partial charge in [0, 0.05) is 35.3 Å². The van der Waals surface area contributed by atoms with Crippen molar-refractivity contribution in [3.05, 3.63) is 84.3 Å². The molecule has 1 fully saturated rings. The Kier molecular flexibility index (Phi) is 3.71. The van der Waals surface area contributed by atoms with E-state index in [1.165, 1.54) is 5.56 Å². The molecule has 2 aromatic heterocycles. The highest BCUT2D eigenvalue weighted by Gasteiger charge is 2.39. The van der Waals surface area contributed by atoms with Crippen molar-refractivity contribution in [2.24, 2.45) is 0 Å². The van der Waals surface area contributed by atoms with E-state index in [9.17, 15) is 4.79 Å². The van der Waals surface area contributed by atoms with Gasteiger partial charge in [-0.15, -0.1) is 0 Å². The first-order valence-electron chi connectivity index (χ1n) is 9.04. The Labute approximate surface area is 156 Å². The van der Waals surface area contributed by atoms with Gasteiger partial charge in [-0.05, 0) is 35.7 Å². The lowest BCUT2D eigenvalue weighted by molar-refractivity contribution is 0.0947. The average Bonchev–Trinajstić information content (AvgIpc) is 3.36. The second kappa shape index (κ2) is 6.36. The summed E-state index contributed by atoms with van der Waals surface area (Å²) in [4.78, 5) is 17.0. The number of hydrogen-bond acceptors (Lipinski definition) is 3. The van der Waals surface area contributed by atoms with Crippen molar-refractivity contribution in [2.45, 2.75) is 18.4 Å². The molecule has 2 atom stereocenters. The van der Waals surface area contributed by atoms with Gasteiger partial charge in [0.1, 0.15) is 0 Å². The number of aromatic amines is 1. The second-order valence-electron chi connectivity index (χ2n) is 6.91. The van der Waals surface area contributed by atoms with E-state index < -0.39 is 0 Å². The maximum Gasteiger partial charge on any atom is 0.272 e. The van der Waals surface area contributed by atoms with Crippen LogP contribution >= 0.6 is 0 Å². The third-order valence-electron chi connectivity index (χ3n) is 5.11. The Morgan fingerprint density at radius 1 is 1.04 bits per heavy atom. The number of nitrogens with zero attached hydrogens (tertiary/aromatic N) is 2. The number of carbonyl (C=O) groups excluding carboxylic acids is 1. The summed E-state index contributed by atoms with van der Waals surface area (Å²) in [6, 6.07) is 20.3. The molecule has 0 aliphatic heterocycles. The van der Waals surface area contributed by atoms with E-state index in [4.69, 9.17) is 0 Å². The van der Waals surface area contributed by atoms with Crippen molar-refractivity contribution in [1.29, 1.82) is 0 Å². The van der Waals surface area contributed by atoms with Gasteiger partial charge in [-0.25, -0.2) is 0 Å². The molecular formula is C22H18N4O. The lowest BCUT2D eigenvalue weighted by Crippen LogP contribution is -2.27. The van der Waals surface area contributed by atoms with Gasteiger partial charge in [-0.3, -0.25) is 14.9 Å². The first kappa shape index (κ1) is 15.8. The predicted molar refractivity (Wildman–Crippen MR) is 104 cm³/mol. The van der Waals surface area contributed by atoms with Gasteiger partial charge in [0.25, 0.3) is 5.91 Å². The van der Waals surface area contributed by atoms with Crippen molar-refractivity contribution in [1.82, 2.24) is 20.5 Å². The molecule has 1 aliphatic carbocycles. The largest absolute Gasteiger partial charge is 0.347 e. The highest BCUT2D eigenvalue weighted by Crippen LogP contribution is 2.40. The average molecular weight is 354 g/mol. The Balaban J connectivity index is 1.39. The van der Waals surface area contributed by atoms with Crippen molar-refractivity contribution in [2.75, 3.05) is 0 Å². The fourth-order valence-electron chi connectivity index (χ4n) is 3.56. The summed E-state index contributed by atoms with van der Waals surface area (Å²) in [6.07, 6.45) is 4.53. The number of carbonyl (C=O) groups is 1. The minimum absolute atomic E-state index is 0.131. The van der Waals surface area contributed by atoms with Crippen LogP contribution < -0.4 is 5.32 Å². The zero-order valence-electron chi connectivity index (χ0n) is 14.6. The summed E-state index contributed by atoms with van der Waals surface area (Å²) in [7, 11) is 0. The summed E-state index contributed by atoms with van der Waals surface area (Å²) in [6.45, 7) is 0. The summed E-state index contributed by atoms with van der Waals surface area (Å²) < 4.78 is 0. The number of aromatic nitrogens is 3. The van der Waals surface area contributed by atoms with Crippen molar-refractivity contribution in [3.63, 3.8) is 0 Å². The van der Waals surface area contributed by atoms with E-state index in [1.807, 2.05) is 54.7 Å². The van der Waals surface area contributed by atoms with Gasteiger partial charge in [-0.1, -0.05) is 42.5 Å². The van der Waals surface area contributed by atoms with Crippen LogP contribution in [0.2, 0.25) is 0 Å². The maximum absolute atomic E-state index is 12.8. The Morgan fingerprint density at radius 2 is 1.93 bits per heavy atom. The van der Waals surface area contributed by atoms with Gasteiger partial charge in [0.05, 0.1) is 5.52 Å². The summed E-state index contributed by atoms with van der Waals surface area (Å²) >= 11 is 0. The molecule has 1 amide bonds. The predicted octanol–water partition coefficient (Wildman–Crippen LogP) is 3.91. The maximum atomic E-state index is 12.8. The van der Waals surface area contributed by atoms with Gasteiger partial charge in [0.2, 0.25) is 0 Å². The normalized spacial score (nSPS) is 18.4. The number of rotatable bonds is 4. The zero-order valence-corrected chi connectivity index (χ0v) is 14.6. The number of benzene rings is 2. The topological polar surface area (TPSA) is 70.7 Å². The van der Waals surface area contributed by atoms with E-state index in [2.05, 4.69) is 32.6 Å². The van der Waals surface area contributed by atoms with Crippen LogP contribution in [0.1, 0.15) is 28.4 Å². The fraction of sp³-hybridized carbons (Fsp3) is 0.136. The van der Waals surface area contributed by atoms with Crippen molar-refractivity contribution in [3.8, 4) is 11.1 Å². The first-order chi connectivity index (χ1) is 13.3. The molecule has 0 spiro atoms.